The van der Waals surface area contributed by atoms with Gasteiger partial charge in [0.15, 0.2) is 10.9 Å². The molecule has 0 radical (unpaired) electrons. The molecule has 0 fully saturated rings. The van der Waals surface area contributed by atoms with Gasteiger partial charge in [0.1, 0.15) is 16.9 Å². The summed E-state index contributed by atoms with van der Waals surface area (Å²) in [6.45, 7) is 0. The summed E-state index contributed by atoms with van der Waals surface area (Å²) in [6.07, 6.45) is 0. The molecule has 2 aliphatic carbocycles. The van der Waals surface area contributed by atoms with Gasteiger partial charge in [-0.15, -0.1) is 0 Å². The number of nitrogens with one attached hydrogen (secondary N) is 3. The van der Waals surface area contributed by atoms with E-state index in [4.69, 9.17) is 10.8 Å². The summed E-state index contributed by atoms with van der Waals surface area (Å²) in [5.74, 6) is -0.0914. The van der Waals surface area contributed by atoms with Crippen LogP contribution in [0.2, 0.25) is 0 Å². The summed E-state index contributed by atoms with van der Waals surface area (Å²) in [5, 5.41) is 43.5. The van der Waals surface area contributed by atoms with E-state index in [1.807, 2.05) is 0 Å². The summed E-state index contributed by atoms with van der Waals surface area (Å²) >= 11 is 0. The Balaban J connectivity index is 1.72. The van der Waals surface area contributed by atoms with Crippen LogP contribution in [0.1, 0.15) is 0 Å². The number of benzene rings is 6. The molecule has 7 heteroatoms. The molecule has 0 aliphatic heterocycles. The Morgan fingerprint density at radius 2 is 1.23 bits per heavy atom. The van der Waals surface area contributed by atoms with Crippen molar-refractivity contribution in [3.05, 3.63) is 104 Å². The van der Waals surface area contributed by atoms with E-state index in [2.05, 4.69) is 5.32 Å². The summed E-state index contributed by atoms with van der Waals surface area (Å²) in [5.41, 5.74) is -0.437. The van der Waals surface area contributed by atoms with Gasteiger partial charge >= 0.3 is 0 Å². The minimum absolute atomic E-state index is 0.0000912. The van der Waals surface area contributed by atoms with Crippen molar-refractivity contribution in [3.63, 3.8) is 0 Å². The van der Waals surface area contributed by atoms with Gasteiger partial charge in [0.25, 0.3) is 0 Å². The van der Waals surface area contributed by atoms with E-state index in [-0.39, 0.29) is 49.8 Å². The number of aromatic hydroxyl groups is 2. The molecule has 4 aromatic rings. The number of anilines is 2. The van der Waals surface area contributed by atoms with Crippen molar-refractivity contribution in [1.82, 2.24) is 0 Å². The lowest BCUT2D eigenvalue weighted by atomic mass is 9.94. The monoisotopic (exact) mass is 459 g/mol. The van der Waals surface area contributed by atoms with Gasteiger partial charge in [0.2, 0.25) is 0 Å². The van der Waals surface area contributed by atoms with Gasteiger partial charge in [0.05, 0.1) is 27.7 Å². The largest absolute Gasteiger partial charge is 0.507 e. The minimum Gasteiger partial charge on any atom is -0.507 e. The van der Waals surface area contributed by atoms with E-state index in [0.29, 0.717) is 27.2 Å². The Kier molecular flexibility index (Phi) is 4.25. The van der Waals surface area contributed by atoms with E-state index >= 15 is 0 Å². The SMILES string of the molecule is N=c1cc2c(=O)c3ccccc3c(=O)c-2c(Nc2cccc3c(O)c4ccccc4c(O)c23)c1=N. The Hall–Kier alpha value is -5.04. The van der Waals surface area contributed by atoms with Crippen LogP contribution in [0.4, 0.5) is 11.4 Å². The Morgan fingerprint density at radius 3 is 1.91 bits per heavy atom. The highest BCUT2D eigenvalue weighted by molar-refractivity contribution is 6.15. The van der Waals surface area contributed by atoms with Gasteiger partial charge in [-0.1, -0.05) is 60.7 Å². The van der Waals surface area contributed by atoms with Crippen molar-refractivity contribution in [2.45, 2.75) is 0 Å². The zero-order valence-electron chi connectivity index (χ0n) is 18.1. The molecule has 6 rings (SSSR count). The zero-order chi connectivity index (χ0) is 24.4. The molecule has 0 saturated heterocycles. The van der Waals surface area contributed by atoms with Crippen molar-refractivity contribution in [1.29, 1.82) is 10.8 Å². The van der Waals surface area contributed by atoms with E-state index in [1.54, 1.807) is 66.7 Å². The van der Waals surface area contributed by atoms with Crippen LogP contribution in [0.25, 0.3) is 43.4 Å². The first-order valence-electron chi connectivity index (χ1n) is 10.8. The summed E-state index contributed by atoms with van der Waals surface area (Å²) in [4.78, 5) is 26.6. The number of rotatable bonds is 2. The van der Waals surface area contributed by atoms with Gasteiger partial charge in [-0.3, -0.25) is 20.4 Å². The Labute approximate surface area is 196 Å². The molecule has 0 unspecified atom stereocenters. The maximum Gasteiger partial charge on any atom is 0.196 e. The number of hydrogen-bond acceptors (Lipinski definition) is 7. The number of phenols is 2. The number of phenolic OH excluding ortho intramolecular Hbond substituents is 2. The van der Waals surface area contributed by atoms with Crippen LogP contribution < -0.4 is 26.9 Å². The van der Waals surface area contributed by atoms with Crippen LogP contribution in [0.15, 0.2) is 82.4 Å². The average Bonchev–Trinajstić information content (AvgIpc) is 2.88. The van der Waals surface area contributed by atoms with Crippen LogP contribution in [0, 0.1) is 10.8 Å². The van der Waals surface area contributed by atoms with E-state index in [9.17, 15) is 19.8 Å². The second kappa shape index (κ2) is 7.23. The van der Waals surface area contributed by atoms with Crippen LogP contribution in [-0.4, -0.2) is 10.2 Å². The normalized spacial score (nSPS) is 11.5. The molecule has 0 saturated carbocycles. The Morgan fingerprint density at radius 1 is 0.657 bits per heavy atom. The van der Waals surface area contributed by atoms with Crippen LogP contribution in [0.5, 0.6) is 11.5 Å². The second-order valence-electron chi connectivity index (χ2n) is 8.40. The molecule has 5 N–H and O–H groups in total. The first kappa shape index (κ1) is 20.6. The quantitative estimate of drug-likeness (QED) is 0.197. The number of fused-ring (bicyclic) bond motifs is 4. The van der Waals surface area contributed by atoms with Gasteiger partial charge in [-0.25, -0.2) is 0 Å². The molecule has 4 aromatic carbocycles. The van der Waals surface area contributed by atoms with Gasteiger partial charge in [-0.05, 0) is 12.1 Å². The summed E-state index contributed by atoms with van der Waals surface area (Å²) in [7, 11) is 0. The third kappa shape index (κ3) is 2.78. The highest BCUT2D eigenvalue weighted by atomic mass is 16.3. The summed E-state index contributed by atoms with van der Waals surface area (Å²) < 4.78 is 0. The van der Waals surface area contributed by atoms with Gasteiger partial charge in [-0.2, -0.15) is 0 Å². The fraction of sp³-hybridized carbons (Fsp3) is 0. The molecule has 2 aliphatic rings. The molecule has 168 valence electrons. The smallest absolute Gasteiger partial charge is 0.196 e. The molecular formula is C28H17N3O4. The molecule has 0 bridgehead atoms. The molecule has 7 nitrogen and oxygen atoms in total. The van der Waals surface area contributed by atoms with E-state index in [0.717, 1.165) is 0 Å². The van der Waals surface area contributed by atoms with Crippen molar-refractivity contribution >= 4 is 43.7 Å². The molecule has 0 spiro atoms. The Bertz CT molecular complexity index is 2040. The van der Waals surface area contributed by atoms with Crippen molar-refractivity contribution in [3.8, 4) is 22.6 Å². The first-order valence-corrected chi connectivity index (χ1v) is 10.8. The lowest BCUT2D eigenvalue weighted by molar-refractivity contribution is 0.478. The fourth-order valence-electron chi connectivity index (χ4n) is 4.80. The fourth-order valence-corrected chi connectivity index (χ4v) is 4.80. The molecule has 0 aromatic heterocycles. The predicted molar refractivity (Wildman–Crippen MR) is 135 cm³/mol. The molecular weight excluding hydrogens is 442 g/mol. The topological polar surface area (TPSA) is 134 Å². The van der Waals surface area contributed by atoms with Crippen LogP contribution >= 0.6 is 0 Å². The lowest BCUT2D eigenvalue weighted by Gasteiger charge is -2.17. The standard InChI is InChI=1S/C28H17N3O4/c29-19-12-18-22(28(35)16-9-4-2-7-14(16)26(18)33)24(23(19)30)31-20-11-5-10-17-21(20)27(34)15-8-3-1-6-13(15)25(17)32/h1-12,29-32,34H. The van der Waals surface area contributed by atoms with E-state index < -0.39 is 10.9 Å². The molecule has 0 atom stereocenters. The maximum atomic E-state index is 13.5. The maximum absolute atomic E-state index is 13.5. The van der Waals surface area contributed by atoms with Crippen molar-refractivity contribution in [2.75, 3.05) is 5.32 Å². The van der Waals surface area contributed by atoms with Gasteiger partial charge < -0.3 is 15.5 Å². The average molecular weight is 459 g/mol. The third-order valence-electron chi connectivity index (χ3n) is 6.47. The lowest BCUT2D eigenvalue weighted by Crippen LogP contribution is -2.32. The second-order valence-corrected chi connectivity index (χ2v) is 8.40. The molecule has 35 heavy (non-hydrogen) atoms. The minimum atomic E-state index is -0.427. The van der Waals surface area contributed by atoms with Crippen LogP contribution in [-0.2, 0) is 0 Å². The third-order valence-corrected chi connectivity index (χ3v) is 6.47. The van der Waals surface area contributed by atoms with E-state index in [1.165, 1.54) is 6.07 Å². The van der Waals surface area contributed by atoms with Crippen LogP contribution in [0.3, 0.4) is 0 Å². The highest BCUT2D eigenvalue weighted by Crippen LogP contribution is 2.45. The highest BCUT2D eigenvalue weighted by Gasteiger charge is 2.23. The zero-order valence-corrected chi connectivity index (χ0v) is 18.1. The van der Waals surface area contributed by atoms with Gasteiger partial charge in [0, 0.05) is 32.5 Å². The van der Waals surface area contributed by atoms with Crippen molar-refractivity contribution < 1.29 is 10.2 Å². The molecule has 0 amide bonds. The van der Waals surface area contributed by atoms with Crippen molar-refractivity contribution in [2.24, 2.45) is 0 Å². The predicted octanol–water partition coefficient (Wildman–Crippen LogP) is 3.96. The summed E-state index contributed by atoms with van der Waals surface area (Å²) in [6, 6.07) is 19.6. The number of hydrogen-bond donors (Lipinski definition) is 5. The molecule has 0 heterocycles. The first-order chi connectivity index (χ1) is 16.9.